The molecule has 0 radical (unpaired) electrons. The predicted molar refractivity (Wildman–Crippen MR) is 188 cm³/mol. The number of aryl methyl sites for hydroxylation is 2. The number of nitrogens with one attached hydrogen (secondary N) is 1. The Balaban J connectivity index is 1.84. The zero-order valence-corrected chi connectivity index (χ0v) is 29.8. The summed E-state index contributed by atoms with van der Waals surface area (Å²) in [4.78, 5) is 30.1. The maximum atomic E-state index is 14.6. The van der Waals surface area contributed by atoms with E-state index in [-0.39, 0.29) is 29.5 Å². The molecule has 10 heteroatoms. The smallest absolute Gasteiger partial charge is 0.264 e. The number of hydrogen-bond donors (Lipinski definition) is 1. The molecule has 0 unspecified atom stereocenters. The predicted octanol–water partition coefficient (Wildman–Crippen LogP) is 7.47. The zero-order chi connectivity index (χ0) is 33.6. The van der Waals surface area contributed by atoms with Crippen molar-refractivity contribution in [3.8, 4) is 0 Å². The van der Waals surface area contributed by atoms with Crippen LogP contribution < -0.4 is 9.62 Å². The highest BCUT2D eigenvalue weighted by Gasteiger charge is 2.36. The first-order chi connectivity index (χ1) is 21.6. The Bertz CT molecular complexity index is 1780. The molecule has 4 aromatic carbocycles. The van der Waals surface area contributed by atoms with Gasteiger partial charge in [0.2, 0.25) is 11.8 Å². The first-order valence-electron chi connectivity index (χ1n) is 14.9. The number of carbonyl (C=O) groups excluding carboxylic acids is 2. The van der Waals surface area contributed by atoms with Crippen LogP contribution in [-0.2, 0) is 32.6 Å². The summed E-state index contributed by atoms with van der Waals surface area (Å²) >= 11 is 9.83. The quantitative estimate of drug-likeness (QED) is 0.174. The Morgan fingerprint density at radius 2 is 1.50 bits per heavy atom. The zero-order valence-electron chi connectivity index (χ0n) is 26.6. The van der Waals surface area contributed by atoms with Gasteiger partial charge < -0.3 is 10.2 Å². The minimum Gasteiger partial charge on any atom is -0.350 e. The van der Waals surface area contributed by atoms with Crippen LogP contribution in [0.1, 0.15) is 43.0 Å². The molecule has 4 aromatic rings. The first-order valence-corrected chi connectivity index (χ1v) is 17.5. The van der Waals surface area contributed by atoms with Crippen molar-refractivity contribution in [3.05, 3.63) is 129 Å². The molecular weight excluding hydrogens is 686 g/mol. The molecule has 0 bridgehead atoms. The van der Waals surface area contributed by atoms with Crippen LogP contribution in [0.25, 0.3) is 0 Å². The maximum Gasteiger partial charge on any atom is 0.264 e. The average molecular weight is 725 g/mol. The number of hydrogen-bond acceptors (Lipinski definition) is 4. The lowest BCUT2D eigenvalue weighted by molar-refractivity contribution is -0.140. The van der Waals surface area contributed by atoms with Gasteiger partial charge in [-0.25, -0.2) is 8.42 Å². The number of amides is 2. The van der Waals surface area contributed by atoms with Crippen molar-refractivity contribution in [3.63, 3.8) is 0 Å². The first kappa shape index (κ1) is 35.2. The van der Waals surface area contributed by atoms with Crippen molar-refractivity contribution in [2.45, 2.75) is 64.1 Å². The fourth-order valence-corrected chi connectivity index (χ4v) is 6.90. The van der Waals surface area contributed by atoms with E-state index >= 15 is 0 Å². The largest absolute Gasteiger partial charge is 0.350 e. The molecule has 1 N–H and O–H groups in total. The highest BCUT2D eigenvalue weighted by molar-refractivity contribution is 9.10. The van der Waals surface area contributed by atoms with E-state index in [0.29, 0.717) is 10.6 Å². The second kappa shape index (κ2) is 14.8. The molecule has 1 atom stereocenters. The van der Waals surface area contributed by atoms with Gasteiger partial charge in [0.05, 0.1) is 10.6 Å². The molecular formula is C36H39BrClN3O4S. The van der Waals surface area contributed by atoms with Crippen LogP contribution in [-0.4, -0.2) is 43.3 Å². The summed E-state index contributed by atoms with van der Waals surface area (Å²) in [5, 5.41) is 3.37. The van der Waals surface area contributed by atoms with Gasteiger partial charge in [-0.15, -0.1) is 0 Å². The maximum absolute atomic E-state index is 14.6. The molecule has 0 aliphatic carbocycles. The molecule has 0 aromatic heterocycles. The number of halogens is 2. The highest BCUT2D eigenvalue weighted by atomic mass is 79.9. The van der Waals surface area contributed by atoms with Gasteiger partial charge in [-0.05, 0) is 87.7 Å². The van der Waals surface area contributed by atoms with Crippen molar-refractivity contribution in [2.24, 2.45) is 0 Å². The summed E-state index contributed by atoms with van der Waals surface area (Å²) in [5.41, 5.74) is 2.87. The van der Waals surface area contributed by atoms with Crippen molar-refractivity contribution in [1.82, 2.24) is 10.2 Å². The van der Waals surface area contributed by atoms with Gasteiger partial charge in [-0.1, -0.05) is 93.8 Å². The molecule has 0 fully saturated rings. The lowest BCUT2D eigenvalue weighted by Gasteiger charge is -2.35. The number of carbonyl (C=O) groups is 2. The molecule has 0 heterocycles. The number of nitrogens with zero attached hydrogens (tertiary/aromatic N) is 2. The standard InChI is InChI=1S/C36H39BrClN3O4S/c1-25-11-19-31(20-12-25)46(44,45)41(32-22-30(38)18-13-26(32)2)24-34(42)40(23-28-14-16-29(37)17-15-28)33(35(43)39-36(3,4)5)21-27-9-7-6-8-10-27/h6-20,22,33H,21,23-24H2,1-5H3,(H,39,43)/t33-/m1/s1. The molecule has 46 heavy (non-hydrogen) atoms. The lowest BCUT2D eigenvalue weighted by atomic mass is 10.0. The molecule has 4 rings (SSSR count). The molecule has 242 valence electrons. The van der Waals surface area contributed by atoms with E-state index in [1.807, 2.05) is 82.3 Å². The summed E-state index contributed by atoms with van der Waals surface area (Å²) in [6.45, 7) is 8.79. The summed E-state index contributed by atoms with van der Waals surface area (Å²) in [6, 6.07) is 27.4. The Hall–Kier alpha value is -3.66. The van der Waals surface area contributed by atoms with E-state index in [4.69, 9.17) is 11.6 Å². The summed E-state index contributed by atoms with van der Waals surface area (Å²) in [5.74, 6) is -0.878. The summed E-state index contributed by atoms with van der Waals surface area (Å²) in [7, 11) is -4.23. The van der Waals surface area contributed by atoms with E-state index in [2.05, 4.69) is 21.2 Å². The molecule has 0 aliphatic heterocycles. The van der Waals surface area contributed by atoms with Gasteiger partial charge in [0, 0.05) is 28.0 Å². The number of sulfonamides is 1. The van der Waals surface area contributed by atoms with Gasteiger partial charge in [0.25, 0.3) is 10.0 Å². The second-order valence-corrected chi connectivity index (χ2v) is 15.6. The van der Waals surface area contributed by atoms with Crippen LogP contribution in [0.4, 0.5) is 5.69 Å². The van der Waals surface area contributed by atoms with Crippen molar-refractivity contribution >= 4 is 55.1 Å². The fourth-order valence-electron chi connectivity index (χ4n) is 5.00. The number of rotatable bonds is 11. The molecule has 0 saturated carbocycles. The molecule has 0 saturated heterocycles. The van der Waals surface area contributed by atoms with E-state index in [1.54, 1.807) is 37.3 Å². The van der Waals surface area contributed by atoms with E-state index < -0.39 is 34.1 Å². The van der Waals surface area contributed by atoms with Gasteiger partial charge >= 0.3 is 0 Å². The summed E-state index contributed by atoms with van der Waals surface area (Å²) in [6.07, 6.45) is 0.228. The molecule has 0 aliphatic rings. The minimum absolute atomic E-state index is 0.0380. The lowest BCUT2D eigenvalue weighted by Crippen LogP contribution is -2.56. The van der Waals surface area contributed by atoms with E-state index in [1.165, 1.54) is 17.0 Å². The van der Waals surface area contributed by atoms with E-state index in [9.17, 15) is 18.0 Å². The summed E-state index contributed by atoms with van der Waals surface area (Å²) < 4.78 is 30.5. The highest BCUT2D eigenvalue weighted by Crippen LogP contribution is 2.30. The third-order valence-electron chi connectivity index (χ3n) is 7.36. The van der Waals surface area contributed by atoms with Crippen LogP contribution in [0.15, 0.2) is 106 Å². The van der Waals surface area contributed by atoms with Gasteiger partial charge in [-0.3, -0.25) is 13.9 Å². The van der Waals surface area contributed by atoms with Crippen LogP contribution in [0, 0.1) is 13.8 Å². The molecule has 7 nitrogen and oxygen atoms in total. The van der Waals surface area contributed by atoms with Crippen molar-refractivity contribution < 1.29 is 18.0 Å². The Morgan fingerprint density at radius 1 is 0.870 bits per heavy atom. The van der Waals surface area contributed by atoms with Crippen LogP contribution in [0.3, 0.4) is 0 Å². The fraction of sp³-hybridized carbons (Fsp3) is 0.278. The Labute approximate surface area is 285 Å². The van der Waals surface area contributed by atoms with Gasteiger partial charge in [0.15, 0.2) is 0 Å². The second-order valence-electron chi connectivity index (χ2n) is 12.3. The monoisotopic (exact) mass is 723 g/mol. The van der Waals surface area contributed by atoms with Gasteiger partial charge in [0.1, 0.15) is 12.6 Å². The normalized spacial score (nSPS) is 12.3. The van der Waals surface area contributed by atoms with Crippen molar-refractivity contribution in [2.75, 3.05) is 10.8 Å². The van der Waals surface area contributed by atoms with Crippen LogP contribution in [0.5, 0.6) is 0 Å². The van der Waals surface area contributed by atoms with Crippen LogP contribution >= 0.6 is 27.5 Å². The third kappa shape index (κ3) is 9.21. The van der Waals surface area contributed by atoms with Crippen molar-refractivity contribution in [1.29, 1.82) is 0 Å². The molecule has 2 amide bonds. The topological polar surface area (TPSA) is 86.8 Å². The van der Waals surface area contributed by atoms with Crippen LogP contribution in [0.2, 0.25) is 5.02 Å². The van der Waals surface area contributed by atoms with E-state index in [0.717, 1.165) is 25.5 Å². The third-order valence-corrected chi connectivity index (χ3v) is 9.90. The SMILES string of the molecule is Cc1ccc(S(=O)(=O)N(CC(=O)N(Cc2ccc(Br)cc2)[C@H](Cc2ccccc2)C(=O)NC(C)(C)C)c2cc(Cl)ccc2C)cc1. The van der Waals surface area contributed by atoms with Gasteiger partial charge in [-0.2, -0.15) is 0 Å². The average Bonchev–Trinajstić information content (AvgIpc) is 2.99. The minimum atomic E-state index is -4.23. The number of anilines is 1. The molecule has 0 spiro atoms. The Morgan fingerprint density at radius 3 is 2.11 bits per heavy atom. The number of benzene rings is 4. The Kier molecular flexibility index (Phi) is 11.4.